The minimum atomic E-state index is 0.350. The van der Waals surface area contributed by atoms with Gasteiger partial charge in [0.1, 0.15) is 5.82 Å². The van der Waals surface area contributed by atoms with E-state index in [9.17, 15) is 0 Å². The van der Waals surface area contributed by atoms with Crippen molar-refractivity contribution in [2.75, 3.05) is 50.8 Å². The zero-order valence-electron chi connectivity index (χ0n) is 16.5. The molecule has 6 heteroatoms. The molecule has 6 nitrogen and oxygen atoms in total. The van der Waals surface area contributed by atoms with E-state index < -0.39 is 0 Å². The van der Waals surface area contributed by atoms with Crippen LogP contribution in [0.5, 0.6) is 0 Å². The second kappa shape index (κ2) is 8.71. The summed E-state index contributed by atoms with van der Waals surface area (Å²) in [5, 5.41) is 3.46. The third kappa shape index (κ3) is 4.29. The largest absolute Gasteiger partial charge is 0.381 e. The average Bonchev–Trinajstić information content (AvgIpc) is 3.31. The molecule has 144 valence electrons. The second-order valence-corrected chi connectivity index (χ2v) is 7.34. The van der Waals surface area contributed by atoms with Crippen LogP contribution in [0.25, 0.3) is 0 Å². The first kappa shape index (κ1) is 19.0. The van der Waals surface area contributed by atoms with Crippen LogP contribution in [-0.4, -0.2) is 61.8 Å². The van der Waals surface area contributed by atoms with E-state index in [1.807, 2.05) is 6.20 Å². The maximum absolute atomic E-state index is 5.65. The number of aliphatic imine (C=N–C) groups is 1. The van der Waals surface area contributed by atoms with Crippen molar-refractivity contribution in [3.8, 4) is 0 Å². The smallest absolute Gasteiger partial charge is 0.194 e. The van der Waals surface area contributed by atoms with Gasteiger partial charge in [-0.3, -0.25) is 0 Å². The van der Waals surface area contributed by atoms with Crippen LogP contribution in [0.1, 0.15) is 39.2 Å². The topological polar surface area (TPSA) is 53.0 Å². The van der Waals surface area contributed by atoms with Gasteiger partial charge in [-0.15, -0.1) is 0 Å². The molecule has 3 heterocycles. The minimum Gasteiger partial charge on any atom is -0.381 e. The van der Waals surface area contributed by atoms with Crippen LogP contribution in [-0.2, 0) is 11.3 Å². The summed E-state index contributed by atoms with van der Waals surface area (Å²) < 4.78 is 5.65. The molecule has 0 radical (unpaired) electrons. The zero-order valence-corrected chi connectivity index (χ0v) is 16.5. The van der Waals surface area contributed by atoms with Gasteiger partial charge in [0.15, 0.2) is 5.96 Å². The Morgan fingerprint density at radius 2 is 2.15 bits per heavy atom. The highest BCUT2D eigenvalue weighted by atomic mass is 16.5. The number of anilines is 1. The number of rotatable bonds is 6. The lowest BCUT2D eigenvalue weighted by molar-refractivity contribution is 0.156. The van der Waals surface area contributed by atoms with Gasteiger partial charge in [0.25, 0.3) is 0 Å². The molecule has 26 heavy (non-hydrogen) atoms. The summed E-state index contributed by atoms with van der Waals surface area (Å²) >= 11 is 0. The number of nitrogens with one attached hydrogen (secondary N) is 1. The fraction of sp³-hybridized carbons (Fsp3) is 0.700. The lowest BCUT2D eigenvalue weighted by Crippen LogP contribution is -2.41. The van der Waals surface area contributed by atoms with Gasteiger partial charge < -0.3 is 19.9 Å². The Hall–Kier alpha value is -1.82. The number of ether oxygens (including phenoxy) is 1. The molecule has 2 aliphatic rings. The van der Waals surface area contributed by atoms with Crippen LogP contribution in [0.15, 0.2) is 23.3 Å². The molecule has 1 atom stereocenters. The molecule has 1 aromatic heterocycles. The molecule has 3 rings (SSSR count). The molecule has 0 aromatic carbocycles. The number of pyridine rings is 1. The van der Waals surface area contributed by atoms with Crippen molar-refractivity contribution < 1.29 is 4.74 Å². The summed E-state index contributed by atoms with van der Waals surface area (Å²) in [7, 11) is 0. The lowest BCUT2D eigenvalue weighted by atomic mass is 9.87. The Morgan fingerprint density at radius 1 is 1.31 bits per heavy atom. The number of hydrogen-bond donors (Lipinski definition) is 1. The molecule has 1 unspecified atom stereocenters. The Labute approximate surface area is 157 Å². The fourth-order valence-corrected chi connectivity index (χ4v) is 3.92. The summed E-state index contributed by atoms with van der Waals surface area (Å²) in [6.45, 7) is 13.9. The van der Waals surface area contributed by atoms with Crippen LogP contribution >= 0.6 is 0 Å². The van der Waals surface area contributed by atoms with Crippen LogP contribution in [0.4, 0.5) is 5.82 Å². The third-order valence-corrected chi connectivity index (χ3v) is 5.57. The molecule has 0 saturated carbocycles. The number of hydrogen-bond acceptors (Lipinski definition) is 4. The maximum Gasteiger partial charge on any atom is 0.194 e. The molecule has 1 aromatic rings. The Bertz CT molecular complexity index is 591. The predicted octanol–water partition coefficient (Wildman–Crippen LogP) is 2.51. The van der Waals surface area contributed by atoms with Crippen molar-refractivity contribution in [1.29, 1.82) is 0 Å². The van der Waals surface area contributed by atoms with Gasteiger partial charge in [0.05, 0.1) is 13.2 Å². The summed E-state index contributed by atoms with van der Waals surface area (Å²) in [5.41, 5.74) is 1.50. The first-order valence-electron chi connectivity index (χ1n) is 10.0. The van der Waals surface area contributed by atoms with Crippen molar-refractivity contribution in [2.24, 2.45) is 10.4 Å². The maximum atomic E-state index is 5.65. The molecular formula is C20H33N5O. The van der Waals surface area contributed by atoms with Gasteiger partial charge in [-0.05, 0) is 45.2 Å². The lowest BCUT2D eigenvalue weighted by Gasteiger charge is -2.25. The molecule has 2 saturated heterocycles. The minimum absolute atomic E-state index is 0.350. The molecule has 0 bridgehead atoms. The SMILES string of the molecule is CCNC(=NCc1ccc(N(CC)CC)nc1)N1CCC2(CCOC2)C1. The molecular weight excluding hydrogens is 326 g/mol. The Balaban J connectivity index is 1.64. The monoisotopic (exact) mass is 359 g/mol. The molecule has 0 amide bonds. The van der Waals surface area contributed by atoms with Crippen molar-refractivity contribution >= 4 is 11.8 Å². The van der Waals surface area contributed by atoms with Crippen molar-refractivity contribution in [2.45, 2.75) is 40.2 Å². The highest BCUT2D eigenvalue weighted by Gasteiger charge is 2.42. The van der Waals surface area contributed by atoms with Crippen LogP contribution < -0.4 is 10.2 Å². The van der Waals surface area contributed by atoms with Crippen LogP contribution in [0.3, 0.4) is 0 Å². The molecule has 2 fully saturated rings. The van der Waals surface area contributed by atoms with E-state index in [1.165, 1.54) is 12.8 Å². The van der Waals surface area contributed by atoms with E-state index in [0.717, 1.165) is 63.3 Å². The van der Waals surface area contributed by atoms with Crippen molar-refractivity contribution in [3.05, 3.63) is 23.9 Å². The van der Waals surface area contributed by atoms with Crippen LogP contribution in [0.2, 0.25) is 0 Å². The van der Waals surface area contributed by atoms with Crippen LogP contribution in [0, 0.1) is 5.41 Å². The fourth-order valence-electron chi connectivity index (χ4n) is 3.92. The van der Waals surface area contributed by atoms with E-state index in [2.05, 4.69) is 53.0 Å². The molecule has 1 spiro atoms. The number of nitrogens with zero attached hydrogens (tertiary/aromatic N) is 4. The quantitative estimate of drug-likeness (QED) is 0.625. The Kier molecular flexibility index (Phi) is 6.35. The summed E-state index contributed by atoms with van der Waals surface area (Å²) in [6, 6.07) is 4.25. The number of likely N-dealkylation sites (tertiary alicyclic amines) is 1. The summed E-state index contributed by atoms with van der Waals surface area (Å²) in [5.74, 6) is 2.06. The van der Waals surface area contributed by atoms with E-state index in [4.69, 9.17) is 9.73 Å². The summed E-state index contributed by atoms with van der Waals surface area (Å²) in [4.78, 5) is 14.1. The normalized spacial score (nSPS) is 23.0. The number of guanidine groups is 1. The molecule has 0 aliphatic carbocycles. The standard InChI is InChI=1S/C20H33N5O/c1-4-21-19(25-11-9-20(15-25)10-12-26-16-20)23-14-17-7-8-18(22-13-17)24(5-2)6-3/h7-8,13H,4-6,9-12,14-16H2,1-3H3,(H,21,23). The van der Waals surface area contributed by atoms with E-state index >= 15 is 0 Å². The van der Waals surface area contributed by atoms with Gasteiger partial charge in [-0.25, -0.2) is 9.98 Å². The molecule has 2 aliphatic heterocycles. The first-order chi connectivity index (χ1) is 12.7. The van der Waals surface area contributed by atoms with Crippen molar-refractivity contribution in [3.63, 3.8) is 0 Å². The van der Waals surface area contributed by atoms with Gasteiger partial charge in [-0.1, -0.05) is 6.07 Å². The first-order valence-corrected chi connectivity index (χ1v) is 10.0. The highest BCUT2D eigenvalue weighted by molar-refractivity contribution is 5.80. The third-order valence-electron chi connectivity index (χ3n) is 5.57. The van der Waals surface area contributed by atoms with E-state index in [1.54, 1.807) is 0 Å². The van der Waals surface area contributed by atoms with Gasteiger partial charge in [0.2, 0.25) is 0 Å². The predicted molar refractivity (Wildman–Crippen MR) is 107 cm³/mol. The van der Waals surface area contributed by atoms with E-state index in [-0.39, 0.29) is 0 Å². The Morgan fingerprint density at radius 3 is 2.77 bits per heavy atom. The second-order valence-electron chi connectivity index (χ2n) is 7.34. The number of aromatic nitrogens is 1. The van der Waals surface area contributed by atoms with Gasteiger partial charge in [-0.2, -0.15) is 0 Å². The van der Waals surface area contributed by atoms with Gasteiger partial charge >= 0.3 is 0 Å². The van der Waals surface area contributed by atoms with Crippen molar-refractivity contribution in [1.82, 2.24) is 15.2 Å². The average molecular weight is 360 g/mol. The van der Waals surface area contributed by atoms with E-state index in [0.29, 0.717) is 12.0 Å². The highest BCUT2D eigenvalue weighted by Crippen LogP contribution is 2.38. The zero-order chi connectivity index (χ0) is 18.4. The molecule has 1 N–H and O–H groups in total. The summed E-state index contributed by atoms with van der Waals surface area (Å²) in [6.07, 6.45) is 4.34. The van der Waals surface area contributed by atoms with Gasteiger partial charge in [0, 0.05) is 50.9 Å².